The van der Waals surface area contributed by atoms with Gasteiger partial charge in [-0.1, -0.05) is 54.1 Å². The summed E-state index contributed by atoms with van der Waals surface area (Å²) in [6.07, 6.45) is -4.61. The lowest BCUT2D eigenvalue weighted by atomic mass is 9.98. The number of rotatable bonds is 9. The fourth-order valence-corrected chi connectivity index (χ4v) is 5.46. The first kappa shape index (κ1) is 30.0. The standard InChI is InChI=1S/C32H30F3NO4S/c1-20-14-21(2)30(22(3)15-20)31(38)36(18-26-12-13-28(40-26)32(33,34)35)17-23-8-10-24(11-9-23)25-6-5-7-27(16-25)41-19-29(37)39-4/h5-16H,17-19H2,1-4H3. The SMILES string of the molecule is COC(=O)CSc1cccc(-c2ccc(CN(Cc3ccc(C(F)(F)F)o3)C(=O)c3c(C)cc(C)cc3C)cc2)c1. The van der Waals surface area contributed by atoms with Crippen LogP contribution in [0.15, 0.2) is 82.1 Å². The number of thioether (sulfide) groups is 1. The number of benzene rings is 3. The average molecular weight is 582 g/mol. The first-order chi connectivity index (χ1) is 19.4. The number of ether oxygens (including phenoxy) is 1. The monoisotopic (exact) mass is 581 g/mol. The molecule has 0 spiro atoms. The molecule has 4 rings (SSSR count). The third-order valence-corrected chi connectivity index (χ3v) is 7.51. The molecule has 5 nitrogen and oxygen atoms in total. The van der Waals surface area contributed by atoms with Gasteiger partial charge in [-0.25, -0.2) is 0 Å². The Morgan fingerprint density at radius 1 is 0.878 bits per heavy atom. The summed E-state index contributed by atoms with van der Waals surface area (Å²) in [6.45, 7) is 5.70. The van der Waals surface area contributed by atoms with Gasteiger partial charge in [0.15, 0.2) is 0 Å². The minimum absolute atomic E-state index is 0.0472. The molecular weight excluding hydrogens is 551 g/mol. The smallest absolute Gasteiger partial charge is 0.449 e. The average Bonchev–Trinajstić information content (AvgIpc) is 3.41. The fraction of sp³-hybridized carbons (Fsp3) is 0.250. The number of amides is 1. The molecule has 0 aliphatic carbocycles. The Kier molecular flexibility index (Phi) is 9.28. The van der Waals surface area contributed by atoms with E-state index in [4.69, 9.17) is 9.15 Å². The highest BCUT2D eigenvalue weighted by Gasteiger charge is 2.35. The van der Waals surface area contributed by atoms with Crippen LogP contribution in [0, 0.1) is 20.8 Å². The zero-order valence-corrected chi connectivity index (χ0v) is 24.0. The summed E-state index contributed by atoms with van der Waals surface area (Å²) < 4.78 is 49.2. The molecule has 0 saturated heterocycles. The molecule has 4 aromatic rings. The first-order valence-electron chi connectivity index (χ1n) is 12.9. The van der Waals surface area contributed by atoms with Gasteiger partial charge in [0, 0.05) is 17.0 Å². The lowest BCUT2D eigenvalue weighted by Crippen LogP contribution is -2.31. The van der Waals surface area contributed by atoms with Gasteiger partial charge in [-0.3, -0.25) is 9.59 Å². The molecule has 0 bridgehead atoms. The molecule has 0 unspecified atom stereocenters. The van der Waals surface area contributed by atoms with Crippen LogP contribution in [-0.4, -0.2) is 29.6 Å². The molecule has 3 aromatic carbocycles. The molecule has 41 heavy (non-hydrogen) atoms. The Bertz CT molecular complexity index is 1520. The molecule has 0 N–H and O–H groups in total. The van der Waals surface area contributed by atoms with E-state index >= 15 is 0 Å². The van der Waals surface area contributed by atoms with E-state index in [0.29, 0.717) is 5.56 Å². The van der Waals surface area contributed by atoms with E-state index in [2.05, 4.69) is 0 Å². The molecule has 1 amide bonds. The molecular formula is C32H30F3NO4S. The second-order valence-corrected chi connectivity index (χ2v) is 10.8. The summed E-state index contributed by atoms with van der Waals surface area (Å²) in [5.74, 6) is -1.43. The third-order valence-electron chi connectivity index (χ3n) is 6.54. The molecule has 0 atom stereocenters. The number of furan rings is 1. The van der Waals surface area contributed by atoms with Crippen LogP contribution in [-0.2, 0) is 28.8 Å². The molecule has 1 heterocycles. The van der Waals surface area contributed by atoms with Crippen molar-refractivity contribution in [1.29, 1.82) is 0 Å². The molecule has 9 heteroatoms. The van der Waals surface area contributed by atoms with Gasteiger partial charge in [-0.2, -0.15) is 13.2 Å². The summed E-state index contributed by atoms with van der Waals surface area (Å²) in [6, 6.07) is 21.4. The number of esters is 1. The summed E-state index contributed by atoms with van der Waals surface area (Å²) in [5.41, 5.74) is 5.85. The Balaban J connectivity index is 1.59. The van der Waals surface area contributed by atoms with Crippen molar-refractivity contribution in [2.45, 2.75) is 44.9 Å². The predicted molar refractivity (Wildman–Crippen MR) is 153 cm³/mol. The van der Waals surface area contributed by atoms with Gasteiger partial charge >= 0.3 is 12.1 Å². The van der Waals surface area contributed by atoms with E-state index in [1.165, 1.54) is 29.8 Å². The van der Waals surface area contributed by atoms with E-state index in [1.54, 1.807) is 0 Å². The third kappa shape index (κ3) is 7.61. The van der Waals surface area contributed by atoms with Crippen molar-refractivity contribution < 1.29 is 31.9 Å². The lowest BCUT2D eigenvalue weighted by molar-refractivity contribution is -0.153. The van der Waals surface area contributed by atoms with Gasteiger partial charge in [0.2, 0.25) is 5.76 Å². The minimum Gasteiger partial charge on any atom is -0.468 e. The largest absolute Gasteiger partial charge is 0.468 e. The Labute approximate surface area is 241 Å². The van der Waals surface area contributed by atoms with Gasteiger partial charge < -0.3 is 14.1 Å². The number of methoxy groups -OCH3 is 1. The Morgan fingerprint density at radius 2 is 1.56 bits per heavy atom. The zero-order chi connectivity index (χ0) is 29.7. The summed E-state index contributed by atoms with van der Waals surface area (Å²) >= 11 is 1.38. The second kappa shape index (κ2) is 12.7. The highest BCUT2D eigenvalue weighted by molar-refractivity contribution is 8.00. The van der Waals surface area contributed by atoms with Gasteiger partial charge in [0.1, 0.15) is 5.76 Å². The van der Waals surface area contributed by atoms with Crippen LogP contribution < -0.4 is 0 Å². The normalized spacial score (nSPS) is 11.4. The Morgan fingerprint density at radius 3 is 2.17 bits per heavy atom. The van der Waals surface area contributed by atoms with Crippen molar-refractivity contribution in [1.82, 2.24) is 4.90 Å². The van der Waals surface area contributed by atoms with Crippen molar-refractivity contribution in [2.24, 2.45) is 0 Å². The van der Waals surface area contributed by atoms with Crippen molar-refractivity contribution in [3.63, 3.8) is 0 Å². The quantitative estimate of drug-likeness (QED) is 0.148. The van der Waals surface area contributed by atoms with E-state index in [9.17, 15) is 22.8 Å². The molecule has 0 aliphatic heterocycles. The van der Waals surface area contributed by atoms with Crippen molar-refractivity contribution in [3.05, 3.63) is 112 Å². The van der Waals surface area contributed by atoms with Crippen LogP contribution in [0.2, 0.25) is 0 Å². The zero-order valence-electron chi connectivity index (χ0n) is 23.2. The topological polar surface area (TPSA) is 59.8 Å². The number of halogens is 3. The van der Waals surface area contributed by atoms with Gasteiger partial charge in [-0.15, -0.1) is 11.8 Å². The van der Waals surface area contributed by atoms with E-state index in [1.807, 2.05) is 81.4 Å². The number of nitrogens with zero attached hydrogens (tertiary/aromatic N) is 1. The van der Waals surface area contributed by atoms with Crippen LogP contribution in [0.25, 0.3) is 11.1 Å². The first-order valence-corrected chi connectivity index (χ1v) is 13.8. The second-order valence-electron chi connectivity index (χ2n) is 9.79. The number of alkyl halides is 3. The predicted octanol–water partition coefficient (Wildman–Crippen LogP) is 8.00. The van der Waals surface area contributed by atoms with E-state index in [-0.39, 0.29) is 36.5 Å². The van der Waals surface area contributed by atoms with Gasteiger partial charge in [-0.05, 0) is 72.9 Å². The number of carbonyl (C=O) groups excluding carboxylic acids is 2. The van der Waals surface area contributed by atoms with Crippen LogP contribution >= 0.6 is 11.8 Å². The molecule has 0 saturated carbocycles. The van der Waals surface area contributed by atoms with Gasteiger partial charge in [0.25, 0.3) is 5.91 Å². The van der Waals surface area contributed by atoms with Crippen LogP contribution in [0.4, 0.5) is 13.2 Å². The van der Waals surface area contributed by atoms with Crippen LogP contribution in [0.3, 0.4) is 0 Å². The van der Waals surface area contributed by atoms with E-state index in [0.717, 1.165) is 44.3 Å². The molecule has 0 radical (unpaired) electrons. The lowest BCUT2D eigenvalue weighted by Gasteiger charge is -2.24. The molecule has 214 valence electrons. The number of hydrogen-bond acceptors (Lipinski definition) is 5. The molecule has 0 fully saturated rings. The van der Waals surface area contributed by atoms with E-state index < -0.39 is 11.9 Å². The van der Waals surface area contributed by atoms with Crippen LogP contribution in [0.5, 0.6) is 0 Å². The minimum atomic E-state index is -4.61. The summed E-state index contributed by atoms with van der Waals surface area (Å²) in [7, 11) is 1.35. The van der Waals surface area contributed by atoms with Crippen molar-refractivity contribution in [2.75, 3.05) is 12.9 Å². The Hall–Kier alpha value is -3.98. The fourth-order valence-electron chi connectivity index (χ4n) is 4.67. The maximum absolute atomic E-state index is 13.8. The summed E-state index contributed by atoms with van der Waals surface area (Å²) in [4.78, 5) is 27.7. The van der Waals surface area contributed by atoms with Crippen molar-refractivity contribution >= 4 is 23.6 Å². The van der Waals surface area contributed by atoms with Crippen LogP contribution in [0.1, 0.15) is 44.1 Å². The molecule has 1 aromatic heterocycles. The number of hydrogen-bond donors (Lipinski definition) is 0. The van der Waals surface area contributed by atoms with Crippen molar-refractivity contribution in [3.8, 4) is 11.1 Å². The molecule has 0 aliphatic rings. The highest BCUT2D eigenvalue weighted by atomic mass is 32.2. The maximum Gasteiger partial charge on any atom is 0.449 e. The number of carbonyl (C=O) groups is 2. The highest BCUT2D eigenvalue weighted by Crippen LogP contribution is 2.32. The van der Waals surface area contributed by atoms with Gasteiger partial charge in [0.05, 0.1) is 19.4 Å². The summed E-state index contributed by atoms with van der Waals surface area (Å²) in [5, 5.41) is 0. The maximum atomic E-state index is 13.8. The number of aryl methyl sites for hydroxylation is 3.